The van der Waals surface area contributed by atoms with E-state index in [2.05, 4.69) is 26.5 Å². The van der Waals surface area contributed by atoms with Crippen LogP contribution in [0.4, 0.5) is 5.82 Å². The molecule has 1 aliphatic heterocycles. The van der Waals surface area contributed by atoms with Gasteiger partial charge in [0.2, 0.25) is 0 Å². The van der Waals surface area contributed by atoms with Crippen molar-refractivity contribution in [3.63, 3.8) is 0 Å². The van der Waals surface area contributed by atoms with E-state index in [1.54, 1.807) is 0 Å². The molecule has 154 valence electrons. The lowest BCUT2D eigenvalue weighted by Crippen LogP contribution is -2.45. The van der Waals surface area contributed by atoms with Gasteiger partial charge in [0.05, 0.1) is 5.69 Å². The molecule has 1 amide bonds. The zero-order valence-electron chi connectivity index (χ0n) is 17.1. The average Bonchev–Trinajstić information content (AvgIpc) is 3.34. The summed E-state index contributed by atoms with van der Waals surface area (Å²) in [6.07, 6.45) is 10.5. The Balaban J connectivity index is 1.16. The maximum Gasteiger partial charge on any atom is 0.251 e. The SMILES string of the molecule is O=C(NC1CCN(c2cc3c(nn2)CCCC3)CC1)c1ccc(-n2cccc2)cc1. The van der Waals surface area contributed by atoms with E-state index in [1.807, 2.05) is 53.4 Å². The highest BCUT2D eigenvalue weighted by Crippen LogP contribution is 2.24. The lowest BCUT2D eigenvalue weighted by Gasteiger charge is -2.33. The lowest BCUT2D eigenvalue weighted by atomic mass is 9.96. The minimum atomic E-state index is 0.000999. The molecule has 1 aliphatic carbocycles. The molecule has 5 rings (SSSR count). The summed E-state index contributed by atoms with van der Waals surface area (Å²) in [6.45, 7) is 1.79. The van der Waals surface area contributed by atoms with Crippen LogP contribution in [-0.2, 0) is 12.8 Å². The Morgan fingerprint density at radius 2 is 1.70 bits per heavy atom. The molecule has 1 saturated heterocycles. The fraction of sp³-hybridized carbons (Fsp3) is 0.375. The zero-order chi connectivity index (χ0) is 20.3. The number of hydrogen-bond donors (Lipinski definition) is 1. The van der Waals surface area contributed by atoms with E-state index in [4.69, 9.17) is 0 Å². The number of nitrogens with zero attached hydrogens (tertiary/aromatic N) is 4. The van der Waals surface area contributed by atoms with Crippen molar-refractivity contribution in [2.75, 3.05) is 18.0 Å². The van der Waals surface area contributed by atoms with Crippen LogP contribution in [0.3, 0.4) is 0 Å². The smallest absolute Gasteiger partial charge is 0.251 e. The third-order valence-electron chi connectivity index (χ3n) is 6.24. The quantitative estimate of drug-likeness (QED) is 0.726. The Hall–Kier alpha value is -3.15. The summed E-state index contributed by atoms with van der Waals surface area (Å²) in [5, 5.41) is 12.1. The van der Waals surface area contributed by atoms with Crippen LogP contribution in [0.2, 0.25) is 0 Å². The molecule has 3 heterocycles. The van der Waals surface area contributed by atoms with Crippen LogP contribution in [0.5, 0.6) is 0 Å². The van der Waals surface area contributed by atoms with Gasteiger partial charge >= 0.3 is 0 Å². The zero-order valence-corrected chi connectivity index (χ0v) is 17.1. The van der Waals surface area contributed by atoms with E-state index < -0.39 is 0 Å². The Morgan fingerprint density at radius 1 is 0.967 bits per heavy atom. The van der Waals surface area contributed by atoms with Gasteiger partial charge in [-0.2, -0.15) is 5.10 Å². The molecule has 1 N–H and O–H groups in total. The first-order chi connectivity index (χ1) is 14.8. The maximum atomic E-state index is 12.7. The number of amides is 1. The predicted molar refractivity (Wildman–Crippen MR) is 117 cm³/mol. The normalized spacial score (nSPS) is 16.9. The second-order valence-electron chi connectivity index (χ2n) is 8.25. The monoisotopic (exact) mass is 401 g/mol. The van der Waals surface area contributed by atoms with Gasteiger partial charge in [-0.3, -0.25) is 4.79 Å². The average molecular weight is 402 g/mol. The minimum absolute atomic E-state index is 0.000999. The molecule has 1 fully saturated rings. The summed E-state index contributed by atoms with van der Waals surface area (Å²) >= 11 is 0. The van der Waals surface area contributed by atoms with Gasteiger partial charge in [-0.25, -0.2) is 0 Å². The van der Waals surface area contributed by atoms with Gasteiger partial charge in [0.15, 0.2) is 5.82 Å². The molecule has 0 saturated carbocycles. The topological polar surface area (TPSA) is 63.1 Å². The standard InChI is InChI=1S/C24H27N5O/c30-24(18-7-9-21(10-8-18)28-13-3-4-14-28)25-20-11-15-29(16-12-20)23-17-19-5-1-2-6-22(19)26-27-23/h3-4,7-10,13-14,17,20H,1-2,5-6,11-12,15-16H2,(H,25,30). The molecule has 6 nitrogen and oxygen atoms in total. The van der Waals surface area contributed by atoms with Gasteiger partial charge in [-0.1, -0.05) is 0 Å². The van der Waals surface area contributed by atoms with Crippen molar-refractivity contribution in [2.24, 2.45) is 0 Å². The lowest BCUT2D eigenvalue weighted by molar-refractivity contribution is 0.0931. The first-order valence-corrected chi connectivity index (χ1v) is 10.9. The van der Waals surface area contributed by atoms with Crippen LogP contribution >= 0.6 is 0 Å². The molecular formula is C24H27N5O. The van der Waals surface area contributed by atoms with Crippen molar-refractivity contribution in [3.05, 3.63) is 71.7 Å². The van der Waals surface area contributed by atoms with Gasteiger partial charge < -0.3 is 14.8 Å². The van der Waals surface area contributed by atoms with E-state index in [-0.39, 0.29) is 11.9 Å². The number of anilines is 1. The fourth-order valence-electron chi connectivity index (χ4n) is 4.45. The highest BCUT2D eigenvalue weighted by Gasteiger charge is 2.23. The maximum absolute atomic E-state index is 12.7. The van der Waals surface area contributed by atoms with Crippen LogP contribution in [0, 0.1) is 0 Å². The molecule has 0 bridgehead atoms. The van der Waals surface area contributed by atoms with E-state index in [9.17, 15) is 4.79 Å². The molecule has 3 aromatic rings. The number of carbonyl (C=O) groups is 1. The Morgan fingerprint density at radius 3 is 2.47 bits per heavy atom. The largest absolute Gasteiger partial charge is 0.355 e. The molecule has 30 heavy (non-hydrogen) atoms. The summed E-state index contributed by atoms with van der Waals surface area (Å²) in [7, 11) is 0. The Bertz CT molecular complexity index is 1000. The first kappa shape index (κ1) is 18.9. The Labute approximate surface area is 176 Å². The number of carbonyl (C=O) groups excluding carboxylic acids is 1. The van der Waals surface area contributed by atoms with Gasteiger partial charge in [0.1, 0.15) is 0 Å². The second-order valence-corrected chi connectivity index (χ2v) is 8.25. The number of nitrogens with one attached hydrogen (secondary N) is 1. The summed E-state index contributed by atoms with van der Waals surface area (Å²) < 4.78 is 2.03. The second kappa shape index (κ2) is 8.30. The van der Waals surface area contributed by atoms with Gasteiger partial charge in [-0.15, -0.1) is 5.10 Å². The molecule has 0 spiro atoms. The van der Waals surface area contributed by atoms with Crippen molar-refractivity contribution in [1.82, 2.24) is 20.1 Å². The molecule has 2 aliphatic rings. The number of fused-ring (bicyclic) bond motifs is 1. The first-order valence-electron chi connectivity index (χ1n) is 10.9. The van der Waals surface area contributed by atoms with Crippen molar-refractivity contribution < 1.29 is 4.79 Å². The summed E-state index contributed by atoms with van der Waals surface area (Å²) in [5.41, 5.74) is 4.30. The minimum Gasteiger partial charge on any atom is -0.355 e. The Kier molecular flexibility index (Phi) is 5.22. The van der Waals surface area contributed by atoms with Crippen LogP contribution in [-0.4, -0.2) is 39.8 Å². The summed E-state index contributed by atoms with van der Waals surface area (Å²) in [6, 6.07) is 14.1. The molecule has 1 aromatic carbocycles. The number of aryl methyl sites for hydroxylation is 2. The number of piperidine rings is 1. The van der Waals surface area contributed by atoms with Gasteiger partial charge in [0, 0.05) is 42.8 Å². The van der Waals surface area contributed by atoms with E-state index in [0.717, 1.165) is 50.3 Å². The highest BCUT2D eigenvalue weighted by molar-refractivity contribution is 5.94. The molecular weight excluding hydrogens is 374 g/mol. The molecule has 0 unspecified atom stereocenters. The summed E-state index contributed by atoms with van der Waals surface area (Å²) in [5.74, 6) is 0.988. The van der Waals surface area contributed by atoms with Gasteiger partial charge in [-0.05, 0) is 86.6 Å². The third kappa shape index (κ3) is 3.95. The van der Waals surface area contributed by atoms with Crippen LogP contribution in [0.15, 0.2) is 54.9 Å². The number of hydrogen-bond acceptors (Lipinski definition) is 4. The summed E-state index contributed by atoms with van der Waals surface area (Å²) in [4.78, 5) is 15.0. The number of benzene rings is 1. The molecule has 2 aromatic heterocycles. The number of rotatable bonds is 4. The fourth-order valence-corrected chi connectivity index (χ4v) is 4.45. The van der Waals surface area contributed by atoms with Crippen LogP contribution < -0.4 is 10.2 Å². The molecule has 0 radical (unpaired) electrons. The van der Waals surface area contributed by atoms with Crippen molar-refractivity contribution in [3.8, 4) is 5.69 Å². The van der Waals surface area contributed by atoms with Crippen molar-refractivity contribution >= 4 is 11.7 Å². The van der Waals surface area contributed by atoms with E-state index in [1.165, 1.54) is 24.1 Å². The number of aromatic nitrogens is 3. The van der Waals surface area contributed by atoms with E-state index >= 15 is 0 Å². The third-order valence-corrected chi connectivity index (χ3v) is 6.24. The van der Waals surface area contributed by atoms with Crippen molar-refractivity contribution in [1.29, 1.82) is 0 Å². The molecule has 0 atom stereocenters. The predicted octanol–water partition coefficient (Wildman–Crippen LogP) is 3.54. The molecule has 6 heteroatoms. The highest BCUT2D eigenvalue weighted by atomic mass is 16.1. The van der Waals surface area contributed by atoms with Crippen LogP contribution in [0.25, 0.3) is 5.69 Å². The van der Waals surface area contributed by atoms with Crippen molar-refractivity contribution in [2.45, 2.75) is 44.6 Å². The van der Waals surface area contributed by atoms with Gasteiger partial charge in [0.25, 0.3) is 5.91 Å². The van der Waals surface area contributed by atoms with E-state index in [0.29, 0.717) is 5.56 Å². The van der Waals surface area contributed by atoms with Crippen LogP contribution in [0.1, 0.15) is 47.3 Å².